The van der Waals surface area contributed by atoms with Gasteiger partial charge in [-0.2, -0.15) is 8.78 Å². The van der Waals surface area contributed by atoms with Gasteiger partial charge in [0, 0.05) is 29.5 Å². The molecule has 0 amide bonds. The van der Waals surface area contributed by atoms with Crippen LogP contribution in [0, 0.1) is 0 Å². The molecule has 29 heavy (non-hydrogen) atoms. The van der Waals surface area contributed by atoms with Gasteiger partial charge < -0.3 is 15.2 Å². The lowest BCUT2D eigenvalue weighted by Gasteiger charge is -2.12. The molecule has 0 aliphatic heterocycles. The topological polar surface area (TPSA) is 93.1 Å². The van der Waals surface area contributed by atoms with Crippen molar-refractivity contribution in [3.63, 3.8) is 0 Å². The number of hydrogen-bond donors (Lipinski definition) is 2. The van der Waals surface area contributed by atoms with Gasteiger partial charge in [0.2, 0.25) is 0 Å². The summed E-state index contributed by atoms with van der Waals surface area (Å²) < 4.78 is 29.5. The highest BCUT2D eigenvalue weighted by Crippen LogP contribution is 2.29. The third kappa shape index (κ3) is 4.25. The summed E-state index contributed by atoms with van der Waals surface area (Å²) in [4.78, 5) is 17.3. The van der Waals surface area contributed by atoms with Crippen LogP contribution in [-0.2, 0) is 6.61 Å². The summed E-state index contributed by atoms with van der Waals surface area (Å²) in [6.45, 7) is -3.06. The summed E-state index contributed by atoms with van der Waals surface area (Å²) in [6, 6.07) is 11.5. The van der Waals surface area contributed by atoms with E-state index in [0.717, 1.165) is 0 Å². The van der Waals surface area contributed by atoms with Gasteiger partial charge in [0.05, 0.1) is 18.3 Å². The fourth-order valence-corrected chi connectivity index (χ4v) is 2.79. The first-order valence-corrected chi connectivity index (χ1v) is 8.62. The molecule has 0 saturated heterocycles. The number of nitrogens with one attached hydrogen (secondary N) is 1. The fraction of sp³-hybridized carbons (Fsp3) is 0.100. The first kappa shape index (κ1) is 18.6. The number of alkyl halides is 2. The number of anilines is 2. The highest BCUT2D eigenvalue weighted by molar-refractivity contribution is 5.92. The van der Waals surface area contributed by atoms with Crippen molar-refractivity contribution in [2.75, 3.05) is 5.32 Å². The van der Waals surface area contributed by atoms with Gasteiger partial charge in [-0.25, -0.2) is 15.0 Å². The van der Waals surface area contributed by atoms with Crippen LogP contribution in [0.3, 0.4) is 0 Å². The summed E-state index contributed by atoms with van der Waals surface area (Å²) in [5, 5.41) is 13.2. The minimum atomic E-state index is -2.92. The second-order valence-corrected chi connectivity index (χ2v) is 6.03. The Morgan fingerprint density at radius 3 is 2.72 bits per heavy atom. The average Bonchev–Trinajstić information content (AvgIpc) is 2.74. The lowest BCUT2D eigenvalue weighted by atomic mass is 10.1. The Balaban J connectivity index is 1.81. The smallest absolute Gasteiger partial charge is 0.387 e. The van der Waals surface area contributed by atoms with Crippen molar-refractivity contribution in [2.24, 2.45) is 0 Å². The molecular formula is C20H15F2N5O2. The number of hydrogen-bond acceptors (Lipinski definition) is 7. The van der Waals surface area contributed by atoms with Crippen molar-refractivity contribution in [2.45, 2.75) is 13.2 Å². The summed E-state index contributed by atoms with van der Waals surface area (Å²) in [6.07, 6.45) is 4.63. The molecule has 2 heterocycles. The Hall–Kier alpha value is -3.72. The van der Waals surface area contributed by atoms with E-state index in [1.165, 1.54) is 18.3 Å². The molecule has 0 saturated carbocycles. The average molecular weight is 395 g/mol. The van der Waals surface area contributed by atoms with E-state index in [4.69, 9.17) is 0 Å². The van der Waals surface area contributed by atoms with Crippen LogP contribution in [0.2, 0.25) is 0 Å². The number of ether oxygens (including phenoxy) is 1. The minimum Gasteiger partial charge on any atom is -0.435 e. The summed E-state index contributed by atoms with van der Waals surface area (Å²) in [5.74, 6) is 0.804. The van der Waals surface area contributed by atoms with E-state index in [1.807, 2.05) is 0 Å². The Labute approximate surface area is 164 Å². The zero-order valence-corrected chi connectivity index (χ0v) is 15.0. The Morgan fingerprint density at radius 1 is 1.07 bits per heavy atom. The Kier molecular flexibility index (Phi) is 5.21. The van der Waals surface area contributed by atoms with Gasteiger partial charge in [-0.1, -0.05) is 12.1 Å². The zero-order chi connectivity index (χ0) is 20.2. The summed E-state index contributed by atoms with van der Waals surface area (Å²) in [7, 11) is 0. The molecule has 0 bridgehead atoms. The molecule has 9 heteroatoms. The van der Waals surface area contributed by atoms with E-state index < -0.39 is 6.61 Å². The zero-order valence-electron chi connectivity index (χ0n) is 15.0. The fourth-order valence-electron chi connectivity index (χ4n) is 2.79. The highest BCUT2D eigenvalue weighted by Gasteiger charge is 2.12. The van der Waals surface area contributed by atoms with Crippen LogP contribution in [0.4, 0.5) is 20.3 Å². The molecule has 146 valence electrons. The molecule has 4 rings (SSSR count). The van der Waals surface area contributed by atoms with Crippen molar-refractivity contribution in [1.82, 2.24) is 19.9 Å². The van der Waals surface area contributed by atoms with Crippen LogP contribution in [0.15, 0.2) is 61.1 Å². The molecule has 2 aromatic heterocycles. The molecule has 0 radical (unpaired) electrons. The van der Waals surface area contributed by atoms with Gasteiger partial charge in [-0.15, -0.1) is 0 Å². The van der Waals surface area contributed by atoms with Crippen molar-refractivity contribution >= 4 is 22.4 Å². The Bertz CT molecular complexity index is 1140. The maximum absolute atomic E-state index is 12.5. The van der Waals surface area contributed by atoms with Crippen LogP contribution < -0.4 is 10.1 Å². The van der Waals surface area contributed by atoms with E-state index >= 15 is 0 Å². The predicted octanol–water partition coefficient (Wildman–Crippen LogP) is 3.92. The molecular weight excluding hydrogens is 380 g/mol. The van der Waals surface area contributed by atoms with E-state index in [2.05, 4.69) is 30.0 Å². The maximum Gasteiger partial charge on any atom is 0.387 e. The molecule has 0 spiro atoms. The lowest BCUT2D eigenvalue weighted by molar-refractivity contribution is -0.0498. The first-order valence-electron chi connectivity index (χ1n) is 8.62. The van der Waals surface area contributed by atoms with Crippen LogP contribution >= 0.6 is 0 Å². The first-order chi connectivity index (χ1) is 14.1. The molecule has 0 fully saturated rings. The van der Waals surface area contributed by atoms with E-state index in [0.29, 0.717) is 39.5 Å². The predicted molar refractivity (Wildman–Crippen MR) is 103 cm³/mol. The number of aliphatic hydroxyl groups excluding tert-OH is 1. The third-order valence-electron chi connectivity index (χ3n) is 4.06. The number of aromatic nitrogens is 4. The second-order valence-electron chi connectivity index (χ2n) is 6.03. The van der Waals surface area contributed by atoms with Crippen molar-refractivity contribution in [1.29, 1.82) is 0 Å². The second kappa shape index (κ2) is 8.11. The molecule has 0 atom stereocenters. The van der Waals surface area contributed by atoms with Gasteiger partial charge in [0.25, 0.3) is 0 Å². The van der Waals surface area contributed by atoms with Gasteiger partial charge in [-0.05, 0) is 29.8 Å². The number of fused-ring (bicyclic) bond motifs is 1. The molecule has 7 nitrogen and oxygen atoms in total. The molecule has 2 N–H and O–H groups in total. The standard InChI is InChI=1S/C20H15F2N5O2/c21-20(22)29-14-3-1-2-13(9-14)25-18-15-8-12(11-28)4-5-16(15)26-19(27-18)17-10-23-6-7-24-17/h1-10,20,28H,11H2,(H,25,26,27). The normalized spacial score (nSPS) is 11.0. The van der Waals surface area contributed by atoms with E-state index in [-0.39, 0.29) is 12.4 Å². The molecule has 0 unspecified atom stereocenters. The van der Waals surface area contributed by atoms with Crippen LogP contribution in [0.5, 0.6) is 5.75 Å². The third-order valence-corrected chi connectivity index (χ3v) is 4.06. The monoisotopic (exact) mass is 395 g/mol. The quantitative estimate of drug-likeness (QED) is 0.511. The lowest BCUT2D eigenvalue weighted by Crippen LogP contribution is -2.03. The molecule has 0 aliphatic carbocycles. The Morgan fingerprint density at radius 2 is 1.97 bits per heavy atom. The van der Waals surface area contributed by atoms with Crippen molar-refractivity contribution in [3.05, 3.63) is 66.6 Å². The number of benzene rings is 2. The van der Waals surface area contributed by atoms with Crippen molar-refractivity contribution in [3.8, 4) is 17.3 Å². The minimum absolute atomic E-state index is 0.0218. The number of rotatable bonds is 6. The van der Waals surface area contributed by atoms with Gasteiger partial charge in [-0.3, -0.25) is 4.98 Å². The SMILES string of the molecule is OCc1ccc2nc(-c3cnccn3)nc(Nc3cccc(OC(F)F)c3)c2c1. The summed E-state index contributed by atoms with van der Waals surface area (Å²) in [5.41, 5.74) is 2.30. The number of nitrogens with zero attached hydrogens (tertiary/aromatic N) is 4. The van der Waals surface area contributed by atoms with E-state index in [9.17, 15) is 13.9 Å². The summed E-state index contributed by atoms with van der Waals surface area (Å²) >= 11 is 0. The van der Waals surface area contributed by atoms with Gasteiger partial charge >= 0.3 is 6.61 Å². The van der Waals surface area contributed by atoms with Crippen LogP contribution in [-0.4, -0.2) is 31.7 Å². The van der Waals surface area contributed by atoms with Crippen molar-refractivity contribution < 1.29 is 18.6 Å². The van der Waals surface area contributed by atoms with Crippen LogP contribution in [0.25, 0.3) is 22.4 Å². The number of aliphatic hydroxyl groups is 1. The van der Waals surface area contributed by atoms with Crippen LogP contribution in [0.1, 0.15) is 5.56 Å². The maximum atomic E-state index is 12.5. The van der Waals surface area contributed by atoms with Gasteiger partial charge in [0.1, 0.15) is 17.3 Å². The molecule has 4 aromatic rings. The number of halogens is 2. The molecule has 2 aromatic carbocycles. The van der Waals surface area contributed by atoms with E-state index in [1.54, 1.807) is 42.7 Å². The largest absolute Gasteiger partial charge is 0.435 e. The molecule has 0 aliphatic rings. The highest BCUT2D eigenvalue weighted by atomic mass is 19.3. The van der Waals surface area contributed by atoms with Gasteiger partial charge in [0.15, 0.2) is 5.82 Å².